The summed E-state index contributed by atoms with van der Waals surface area (Å²) in [5.74, 6) is 0.104. The molecule has 0 saturated carbocycles. The highest BCUT2D eigenvalue weighted by molar-refractivity contribution is 6.08. The van der Waals surface area contributed by atoms with Crippen LogP contribution in [0.15, 0.2) is 67.5 Å². The van der Waals surface area contributed by atoms with E-state index in [0.29, 0.717) is 5.84 Å². The summed E-state index contributed by atoms with van der Waals surface area (Å²) in [5, 5.41) is 0. The molecule has 0 aliphatic rings. The molecule has 0 spiro atoms. The Morgan fingerprint density at radius 2 is 1.63 bits per heavy atom. The number of carbonyl (C=O) groups is 1. The summed E-state index contributed by atoms with van der Waals surface area (Å²) in [6, 6.07) is 0. The molecule has 0 bridgehead atoms. The second-order valence-electron chi connectivity index (χ2n) is 4.82. The largest absolute Gasteiger partial charge is 0.269 e. The Kier molecular flexibility index (Phi) is 6.48. The van der Waals surface area contributed by atoms with Gasteiger partial charge >= 0.3 is 0 Å². The fraction of sp³-hybridized carbons (Fsp3) is 0.250. The molecular weight excluding hydrogens is 236 g/mol. The Balaban J connectivity index is 5.82. The zero-order valence-corrected chi connectivity index (χ0v) is 12.0. The maximum absolute atomic E-state index is 11.9. The van der Waals surface area contributed by atoms with E-state index in [4.69, 9.17) is 0 Å². The topological polar surface area (TPSA) is 32.7 Å². The molecule has 0 aliphatic heterocycles. The molecule has 0 rings (SSSR count). The average Bonchev–Trinajstić information content (AvgIpc) is 2.35. The van der Waals surface area contributed by atoms with Gasteiger partial charge in [0.2, 0.25) is 0 Å². The van der Waals surface area contributed by atoms with Crippen LogP contribution in [0.4, 0.5) is 0 Å². The van der Waals surface area contributed by atoms with Gasteiger partial charge in [0, 0.05) is 12.4 Å². The summed E-state index contributed by atoms with van der Waals surface area (Å²) >= 11 is 0. The van der Waals surface area contributed by atoms with E-state index in [1.54, 1.807) is 12.3 Å². The number of aliphatic imine (C=N–C) groups is 1. The third kappa shape index (κ3) is 4.92. The summed E-state index contributed by atoms with van der Waals surface area (Å²) in [7, 11) is 0. The van der Waals surface area contributed by atoms with Crippen molar-refractivity contribution in [3.8, 4) is 0 Å². The molecule has 0 aromatic heterocycles. The van der Waals surface area contributed by atoms with Gasteiger partial charge in [-0.15, -0.1) is 0 Å². The van der Waals surface area contributed by atoms with Crippen molar-refractivity contribution < 1.29 is 4.79 Å². The molecule has 0 N–H and O–H groups in total. The van der Waals surface area contributed by atoms with Gasteiger partial charge in [0.15, 0.2) is 0 Å². The minimum atomic E-state index is -0.288. The Labute approximate surface area is 116 Å². The van der Waals surface area contributed by atoms with E-state index in [-0.39, 0.29) is 11.3 Å². The van der Waals surface area contributed by atoms with Crippen LogP contribution in [0.1, 0.15) is 20.8 Å². The van der Waals surface area contributed by atoms with Crippen molar-refractivity contribution in [1.82, 2.24) is 4.90 Å². The van der Waals surface area contributed by atoms with E-state index in [2.05, 4.69) is 31.3 Å². The van der Waals surface area contributed by atoms with E-state index in [1.165, 1.54) is 23.3 Å². The number of amides is 1. The van der Waals surface area contributed by atoms with Crippen molar-refractivity contribution in [1.29, 1.82) is 0 Å². The predicted octanol–water partition coefficient (Wildman–Crippen LogP) is 3.85. The lowest BCUT2D eigenvalue weighted by Crippen LogP contribution is -2.30. The van der Waals surface area contributed by atoms with Gasteiger partial charge in [0.1, 0.15) is 5.84 Å². The summed E-state index contributed by atoms with van der Waals surface area (Å²) < 4.78 is 0. The molecule has 3 heteroatoms. The van der Waals surface area contributed by atoms with Gasteiger partial charge < -0.3 is 0 Å². The standard InChI is InChI=1S/C16H22N2O/c1-8-13(16(5,6)7)12-18(15(19)10-3)14(9-2)17-11-4/h8-12H,1-4H2,5-7H3/b13-12+,17-14?. The van der Waals surface area contributed by atoms with Crippen LogP contribution in [0.25, 0.3) is 0 Å². The molecule has 0 fully saturated rings. The van der Waals surface area contributed by atoms with Crippen LogP contribution < -0.4 is 0 Å². The van der Waals surface area contributed by atoms with Crippen molar-refractivity contribution in [3.63, 3.8) is 0 Å². The van der Waals surface area contributed by atoms with Crippen LogP contribution in [0.3, 0.4) is 0 Å². The van der Waals surface area contributed by atoms with E-state index in [1.807, 2.05) is 20.8 Å². The number of carbonyl (C=O) groups excluding carboxylic acids is 1. The normalized spacial score (nSPS) is 12.6. The van der Waals surface area contributed by atoms with Crippen LogP contribution in [-0.2, 0) is 4.79 Å². The third-order valence-corrected chi connectivity index (χ3v) is 2.42. The number of allylic oxidation sites excluding steroid dienone is 2. The Bertz CT molecular complexity index is 448. The van der Waals surface area contributed by atoms with Crippen LogP contribution >= 0.6 is 0 Å². The monoisotopic (exact) mass is 258 g/mol. The number of hydrogen-bond acceptors (Lipinski definition) is 2. The lowest BCUT2D eigenvalue weighted by Gasteiger charge is -2.24. The summed E-state index contributed by atoms with van der Waals surface area (Å²) in [6.45, 7) is 20.6. The highest BCUT2D eigenvalue weighted by atomic mass is 16.2. The molecular formula is C16H22N2O. The molecule has 0 heterocycles. The molecule has 102 valence electrons. The van der Waals surface area contributed by atoms with Crippen molar-refractivity contribution in [2.75, 3.05) is 0 Å². The van der Waals surface area contributed by atoms with E-state index >= 15 is 0 Å². The fourth-order valence-corrected chi connectivity index (χ4v) is 1.34. The van der Waals surface area contributed by atoms with Crippen LogP contribution in [0.5, 0.6) is 0 Å². The maximum atomic E-state index is 11.9. The second-order valence-corrected chi connectivity index (χ2v) is 4.82. The Morgan fingerprint density at radius 3 is 1.95 bits per heavy atom. The SMILES string of the molecule is C=CN=C(C=C)N(/C=C(\C=C)C(C)(C)C)C(=O)C=C. The highest BCUT2D eigenvalue weighted by Gasteiger charge is 2.19. The number of amidine groups is 1. The molecule has 3 nitrogen and oxygen atoms in total. The van der Waals surface area contributed by atoms with Crippen molar-refractivity contribution in [2.24, 2.45) is 10.4 Å². The lowest BCUT2D eigenvalue weighted by molar-refractivity contribution is -0.120. The van der Waals surface area contributed by atoms with Gasteiger partial charge in [0.05, 0.1) is 0 Å². The first-order valence-electron chi connectivity index (χ1n) is 5.93. The third-order valence-electron chi connectivity index (χ3n) is 2.42. The Hall–Kier alpha value is -2.16. The van der Waals surface area contributed by atoms with Crippen molar-refractivity contribution >= 4 is 11.7 Å². The quantitative estimate of drug-likeness (QED) is 0.319. The smallest absolute Gasteiger partial charge is 0.255 e. The maximum Gasteiger partial charge on any atom is 0.255 e. The predicted molar refractivity (Wildman–Crippen MR) is 82.6 cm³/mol. The fourth-order valence-electron chi connectivity index (χ4n) is 1.34. The average molecular weight is 258 g/mol. The minimum Gasteiger partial charge on any atom is -0.269 e. The lowest BCUT2D eigenvalue weighted by atomic mass is 9.87. The summed E-state index contributed by atoms with van der Waals surface area (Å²) in [4.78, 5) is 17.3. The highest BCUT2D eigenvalue weighted by Crippen LogP contribution is 2.26. The van der Waals surface area contributed by atoms with Crippen LogP contribution in [0.2, 0.25) is 0 Å². The summed E-state index contributed by atoms with van der Waals surface area (Å²) in [5.41, 5.74) is 0.767. The number of hydrogen-bond donors (Lipinski definition) is 0. The van der Waals surface area contributed by atoms with E-state index < -0.39 is 0 Å². The minimum absolute atomic E-state index is 0.137. The molecule has 19 heavy (non-hydrogen) atoms. The molecule has 0 saturated heterocycles. The van der Waals surface area contributed by atoms with Gasteiger partial charge in [-0.2, -0.15) is 0 Å². The second kappa shape index (κ2) is 7.31. The van der Waals surface area contributed by atoms with Gasteiger partial charge in [-0.05, 0) is 23.1 Å². The molecule has 0 aliphatic carbocycles. The zero-order valence-electron chi connectivity index (χ0n) is 12.0. The molecule has 0 aromatic carbocycles. The molecule has 1 amide bonds. The van der Waals surface area contributed by atoms with E-state index in [9.17, 15) is 4.79 Å². The van der Waals surface area contributed by atoms with Gasteiger partial charge in [0.25, 0.3) is 5.91 Å². The number of nitrogens with zero attached hydrogens (tertiary/aromatic N) is 2. The molecule has 0 radical (unpaired) electrons. The molecule has 0 aromatic rings. The molecule has 0 unspecified atom stereocenters. The molecule has 0 atom stereocenters. The van der Waals surface area contributed by atoms with Gasteiger partial charge in [-0.25, -0.2) is 4.99 Å². The first-order valence-corrected chi connectivity index (χ1v) is 5.93. The Morgan fingerprint density at radius 1 is 1.05 bits per heavy atom. The van der Waals surface area contributed by atoms with Crippen LogP contribution in [-0.4, -0.2) is 16.6 Å². The van der Waals surface area contributed by atoms with Crippen molar-refractivity contribution in [3.05, 3.63) is 62.5 Å². The van der Waals surface area contributed by atoms with E-state index in [0.717, 1.165) is 5.57 Å². The first kappa shape index (κ1) is 16.8. The van der Waals surface area contributed by atoms with Gasteiger partial charge in [-0.1, -0.05) is 53.2 Å². The van der Waals surface area contributed by atoms with Crippen LogP contribution in [0, 0.1) is 5.41 Å². The van der Waals surface area contributed by atoms with Gasteiger partial charge in [-0.3, -0.25) is 9.69 Å². The van der Waals surface area contributed by atoms with Crippen molar-refractivity contribution in [2.45, 2.75) is 20.8 Å². The first-order chi connectivity index (χ1) is 8.81. The summed E-state index contributed by atoms with van der Waals surface area (Å²) in [6.07, 6.45) is 7.49. The zero-order chi connectivity index (χ0) is 15.1. The number of rotatable bonds is 5.